The monoisotopic (exact) mass is 261 g/mol. The number of thiol groups is 1. The Hall–Kier alpha value is -1.75. The molecule has 0 fully saturated rings. The molecule has 0 radical (unpaired) electrons. The van der Waals surface area contributed by atoms with Gasteiger partial charge in [0.1, 0.15) is 5.82 Å². The molecule has 1 aromatic heterocycles. The predicted octanol–water partition coefficient (Wildman–Crippen LogP) is 2.34. The number of nitrogens with zero attached hydrogens (tertiary/aromatic N) is 2. The van der Waals surface area contributed by atoms with Gasteiger partial charge in [0.2, 0.25) is 0 Å². The number of imidazole rings is 1. The fourth-order valence-corrected chi connectivity index (χ4v) is 2.07. The Kier molecular flexibility index (Phi) is 4.04. The topological polar surface area (TPSA) is 46.9 Å². The van der Waals surface area contributed by atoms with Gasteiger partial charge in [0, 0.05) is 19.4 Å². The average Bonchev–Trinajstić information content (AvgIpc) is 2.75. The van der Waals surface area contributed by atoms with Gasteiger partial charge < -0.3 is 9.88 Å². The van der Waals surface area contributed by atoms with Crippen molar-refractivity contribution in [3.8, 4) is 0 Å². The molecule has 1 atom stereocenters. The number of aromatic nitrogens is 2. The van der Waals surface area contributed by atoms with Gasteiger partial charge in [0.25, 0.3) is 5.24 Å². The van der Waals surface area contributed by atoms with Crippen molar-refractivity contribution in [3.63, 3.8) is 0 Å². The van der Waals surface area contributed by atoms with E-state index in [9.17, 15) is 4.79 Å². The van der Waals surface area contributed by atoms with E-state index in [4.69, 9.17) is 0 Å². The quantitative estimate of drug-likeness (QED) is 0.830. The van der Waals surface area contributed by atoms with Crippen LogP contribution in [0.3, 0.4) is 0 Å². The summed E-state index contributed by atoms with van der Waals surface area (Å²) in [5.41, 5.74) is 1.15. The average molecular weight is 261 g/mol. The van der Waals surface area contributed by atoms with Crippen molar-refractivity contribution in [2.75, 3.05) is 0 Å². The van der Waals surface area contributed by atoms with Gasteiger partial charge in [-0.05, 0) is 12.0 Å². The summed E-state index contributed by atoms with van der Waals surface area (Å²) in [7, 11) is 1.91. The molecule has 2 rings (SSSR count). The number of benzene rings is 1. The van der Waals surface area contributed by atoms with E-state index >= 15 is 0 Å². The van der Waals surface area contributed by atoms with Crippen molar-refractivity contribution in [2.24, 2.45) is 7.05 Å². The lowest BCUT2D eigenvalue weighted by Crippen LogP contribution is -2.27. The van der Waals surface area contributed by atoms with Crippen LogP contribution in [-0.4, -0.2) is 14.8 Å². The molecule has 2 aromatic rings. The molecule has 0 bridgehead atoms. The highest BCUT2D eigenvalue weighted by Crippen LogP contribution is 2.16. The third-order valence-corrected chi connectivity index (χ3v) is 2.88. The van der Waals surface area contributed by atoms with Crippen molar-refractivity contribution in [1.82, 2.24) is 14.9 Å². The van der Waals surface area contributed by atoms with Crippen LogP contribution >= 0.6 is 12.6 Å². The van der Waals surface area contributed by atoms with Crippen LogP contribution in [0.5, 0.6) is 0 Å². The summed E-state index contributed by atoms with van der Waals surface area (Å²) >= 11 is 3.78. The minimum Gasteiger partial charge on any atom is -0.337 e. The molecule has 1 amide bonds. The van der Waals surface area contributed by atoms with Crippen molar-refractivity contribution >= 4 is 17.9 Å². The third-order valence-electron chi connectivity index (χ3n) is 2.75. The van der Waals surface area contributed by atoms with Gasteiger partial charge in [-0.2, -0.15) is 0 Å². The lowest BCUT2D eigenvalue weighted by atomic mass is 10.1. The molecule has 1 heterocycles. The molecule has 1 unspecified atom stereocenters. The van der Waals surface area contributed by atoms with E-state index in [1.165, 1.54) is 0 Å². The molecule has 0 aliphatic carbocycles. The van der Waals surface area contributed by atoms with Gasteiger partial charge in [-0.1, -0.05) is 43.0 Å². The zero-order valence-electron chi connectivity index (χ0n) is 10.1. The highest BCUT2D eigenvalue weighted by molar-refractivity contribution is 7.96. The largest absolute Gasteiger partial charge is 0.337 e. The van der Waals surface area contributed by atoms with Crippen LogP contribution in [-0.2, 0) is 13.5 Å². The van der Waals surface area contributed by atoms with Crippen LogP contribution in [0.25, 0.3) is 0 Å². The molecular weight excluding hydrogens is 246 g/mol. The molecule has 0 spiro atoms. The fourth-order valence-electron chi connectivity index (χ4n) is 1.92. The molecule has 94 valence electrons. The first-order chi connectivity index (χ1) is 8.66. The number of carbonyl (C=O) groups excluding carboxylic acids is 1. The Labute approximate surface area is 111 Å². The molecule has 0 aliphatic heterocycles. The molecular formula is C13H15N3OS. The smallest absolute Gasteiger partial charge is 0.276 e. The van der Waals surface area contributed by atoms with Gasteiger partial charge in [0.15, 0.2) is 0 Å². The van der Waals surface area contributed by atoms with Crippen molar-refractivity contribution in [2.45, 2.75) is 12.5 Å². The van der Waals surface area contributed by atoms with Crippen molar-refractivity contribution < 1.29 is 4.79 Å². The number of rotatable bonds is 4. The zero-order valence-corrected chi connectivity index (χ0v) is 11.0. The molecule has 0 saturated carbocycles. The third kappa shape index (κ3) is 3.13. The lowest BCUT2D eigenvalue weighted by molar-refractivity contribution is 0.257. The molecule has 18 heavy (non-hydrogen) atoms. The van der Waals surface area contributed by atoms with E-state index in [-0.39, 0.29) is 11.3 Å². The Balaban J connectivity index is 2.21. The SMILES string of the molecule is Cn1ccnc1C(Cc1ccccc1)NC(=O)S. The van der Waals surface area contributed by atoms with Crippen LogP contribution in [0.15, 0.2) is 42.7 Å². The second-order valence-electron chi connectivity index (χ2n) is 4.09. The minimum absolute atomic E-state index is 0.169. The number of carbonyl (C=O) groups is 1. The van der Waals surface area contributed by atoms with Gasteiger partial charge in [-0.3, -0.25) is 4.79 Å². The highest BCUT2D eigenvalue weighted by Gasteiger charge is 2.17. The number of hydrogen-bond acceptors (Lipinski definition) is 2. The number of aryl methyl sites for hydroxylation is 1. The van der Waals surface area contributed by atoms with Crippen molar-refractivity contribution in [1.29, 1.82) is 0 Å². The Bertz CT molecular complexity index is 524. The predicted molar refractivity (Wildman–Crippen MR) is 73.6 cm³/mol. The van der Waals surface area contributed by atoms with E-state index in [0.717, 1.165) is 11.4 Å². The maximum absolute atomic E-state index is 11.2. The second-order valence-corrected chi connectivity index (χ2v) is 4.49. The summed E-state index contributed by atoms with van der Waals surface area (Å²) < 4.78 is 1.90. The second kappa shape index (κ2) is 5.73. The van der Waals surface area contributed by atoms with Gasteiger partial charge in [-0.15, -0.1) is 0 Å². The first-order valence-electron chi connectivity index (χ1n) is 5.67. The van der Waals surface area contributed by atoms with Crippen LogP contribution in [0.1, 0.15) is 17.4 Å². The molecule has 5 heteroatoms. The molecule has 0 aliphatic rings. The molecule has 1 N–H and O–H groups in total. The first kappa shape index (κ1) is 12.7. The van der Waals surface area contributed by atoms with E-state index in [1.807, 2.05) is 48.1 Å². The summed E-state index contributed by atoms with van der Waals surface area (Å²) in [4.78, 5) is 15.4. The van der Waals surface area contributed by atoms with Crippen LogP contribution in [0.4, 0.5) is 4.79 Å². The molecule has 0 saturated heterocycles. The van der Waals surface area contributed by atoms with Gasteiger partial charge >= 0.3 is 0 Å². The Morgan fingerprint density at radius 3 is 2.72 bits per heavy atom. The Morgan fingerprint density at radius 1 is 1.44 bits per heavy atom. The summed E-state index contributed by atoms with van der Waals surface area (Å²) in [6.07, 6.45) is 4.27. The Morgan fingerprint density at radius 2 is 2.17 bits per heavy atom. The summed E-state index contributed by atoms with van der Waals surface area (Å²) in [5, 5.41) is 2.47. The standard InChI is InChI=1S/C13H15N3OS/c1-16-8-7-14-12(16)11(15-13(17)18)9-10-5-3-2-4-6-10/h2-8,11H,9H2,1H3,(H2,15,17,18). The minimum atomic E-state index is -0.348. The van der Waals surface area contributed by atoms with Crippen molar-refractivity contribution in [3.05, 3.63) is 54.1 Å². The van der Waals surface area contributed by atoms with E-state index in [0.29, 0.717) is 6.42 Å². The van der Waals surface area contributed by atoms with Crippen LogP contribution in [0, 0.1) is 0 Å². The van der Waals surface area contributed by atoms with Crippen LogP contribution < -0.4 is 5.32 Å². The fraction of sp³-hybridized carbons (Fsp3) is 0.231. The van der Waals surface area contributed by atoms with E-state index in [2.05, 4.69) is 22.9 Å². The lowest BCUT2D eigenvalue weighted by Gasteiger charge is -2.17. The van der Waals surface area contributed by atoms with E-state index in [1.54, 1.807) is 6.20 Å². The molecule has 1 aromatic carbocycles. The first-order valence-corrected chi connectivity index (χ1v) is 6.12. The van der Waals surface area contributed by atoms with Crippen LogP contribution in [0.2, 0.25) is 0 Å². The van der Waals surface area contributed by atoms with Gasteiger partial charge in [0.05, 0.1) is 6.04 Å². The number of hydrogen-bond donors (Lipinski definition) is 2. The number of nitrogens with one attached hydrogen (secondary N) is 1. The summed E-state index contributed by atoms with van der Waals surface area (Å²) in [5.74, 6) is 0.821. The van der Waals surface area contributed by atoms with Gasteiger partial charge in [-0.25, -0.2) is 4.98 Å². The summed E-state index contributed by atoms with van der Waals surface area (Å²) in [6, 6.07) is 9.82. The highest BCUT2D eigenvalue weighted by atomic mass is 32.1. The number of amides is 1. The maximum Gasteiger partial charge on any atom is 0.276 e. The zero-order chi connectivity index (χ0) is 13.0. The molecule has 4 nitrogen and oxygen atoms in total. The van der Waals surface area contributed by atoms with E-state index < -0.39 is 0 Å². The summed E-state index contributed by atoms with van der Waals surface area (Å²) in [6.45, 7) is 0. The maximum atomic E-state index is 11.2. The normalized spacial score (nSPS) is 12.1.